The maximum Gasteiger partial charge on any atom is 0.227 e. The Balaban J connectivity index is 2.46. The molecule has 5 heteroatoms. The highest BCUT2D eigenvalue weighted by atomic mass is 16.2. The van der Waals surface area contributed by atoms with Crippen molar-refractivity contribution in [2.75, 3.05) is 6.54 Å². The van der Waals surface area contributed by atoms with Crippen molar-refractivity contribution in [2.45, 2.75) is 33.4 Å². The lowest BCUT2D eigenvalue weighted by molar-refractivity contribution is -0.129. The molecule has 1 rings (SSSR count). The highest BCUT2D eigenvalue weighted by molar-refractivity contribution is 5.82. The SMILES string of the molecule is CC(Cn1cccn1)NC(=O)C(C)(C)CN. The summed E-state index contributed by atoms with van der Waals surface area (Å²) in [5, 5.41) is 7.02. The van der Waals surface area contributed by atoms with Crippen molar-refractivity contribution in [2.24, 2.45) is 11.1 Å². The molecule has 0 bridgehead atoms. The summed E-state index contributed by atoms with van der Waals surface area (Å²) in [4.78, 5) is 11.8. The smallest absolute Gasteiger partial charge is 0.227 e. The second kappa shape index (κ2) is 5.12. The number of hydrogen-bond donors (Lipinski definition) is 2. The summed E-state index contributed by atoms with van der Waals surface area (Å²) >= 11 is 0. The average molecular weight is 224 g/mol. The monoisotopic (exact) mass is 224 g/mol. The first-order valence-electron chi connectivity index (χ1n) is 5.44. The van der Waals surface area contributed by atoms with Crippen LogP contribution in [0.5, 0.6) is 0 Å². The van der Waals surface area contributed by atoms with Gasteiger partial charge in [0.15, 0.2) is 0 Å². The van der Waals surface area contributed by atoms with Gasteiger partial charge in [-0.1, -0.05) is 0 Å². The van der Waals surface area contributed by atoms with E-state index in [0.29, 0.717) is 13.1 Å². The van der Waals surface area contributed by atoms with Crippen LogP contribution in [-0.4, -0.2) is 28.3 Å². The number of hydrogen-bond acceptors (Lipinski definition) is 3. The standard InChI is InChI=1S/C11H20N4O/c1-9(7-15-6-4-5-13-15)14-10(16)11(2,3)8-12/h4-6,9H,7-8,12H2,1-3H3,(H,14,16). The molecule has 3 N–H and O–H groups in total. The summed E-state index contributed by atoms with van der Waals surface area (Å²) in [5.41, 5.74) is 5.03. The lowest BCUT2D eigenvalue weighted by Gasteiger charge is -2.24. The minimum atomic E-state index is -0.515. The summed E-state index contributed by atoms with van der Waals surface area (Å²) in [6.07, 6.45) is 3.59. The van der Waals surface area contributed by atoms with Crippen molar-refractivity contribution >= 4 is 5.91 Å². The normalized spacial score (nSPS) is 13.5. The van der Waals surface area contributed by atoms with E-state index < -0.39 is 5.41 Å². The predicted octanol–water partition coefficient (Wildman–Crippen LogP) is 0.373. The molecule has 0 radical (unpaired) electrons. The Morgan fingerprint density at radius 3 is 2.81 bits per heavy atom. The molecule has 0 spiro atoms. The first-order valence-corrected chi connectivity index (χ1v) is 5.44. The number of rotatable bonds is 5. The van der Waals surface area contributed by atoms with Crippen LogP contribution in [0, 0.1) is 5.41 Å². The second-order valence-electron chi connectivity index (χ2n) is 4.69. The molecule has 0 aliphatic carbocycles. The van der Waals surface area contributed by atoms with E-state index in [2.05, 4.69) is 10.4 Å². The van der Waals surface area contributed by atoms with Crippen LogP contribution < -0.4 is 11.1 Å². The number of amides is 1. The van der Waals surface area contributed by atoms with Crippen molar-refractivity contribution in [3.05, 3.63) is 18.5 Å². The third-order valence-corrected chi connectivity index (χ3v) is 2.52. The molecule has 90 valence electrons. The highest BCUT2D eigenvalue weighted by Crippen LogP contribution is 2.12. The third-order valence-electron chi connectivity index (χ3n) is 2.52. The molecule has 0 fully saturated rings. The van der Waals surface area contributed by atoms with Crippen molar-refractivity contribution < 1.29 is 4.79 Å². The summed E-state index contributed by atoms with van der Waals surface area (Å²) in [7, 11) is 0. The first-order chi connectivity index (χ1) is 7.45. The van der Waals surface area contributed by atoms with Crippen LogP contribution >= 0.6 is 0 Å². The van der Waals surface area contributed by atoms with Crippen LogP contribution in [0.15, 0.2) is 18.5 Å². The summed E-state index contributed by atoms with van der Waals surface area (Å²) in [5.74, 6) is -0.0188. The van der Waals surface area contributed by atoms with Crippen LogP contribution in [-0.2, 0) is 11.3 Å². The van der Waals surface area contributed by atoms with E-state index in [9.17, 15) is 4.79 Å². The van der Waals surface area contributed by atoms with E-state index in [1.165, 1.54) is 0 Å². The Labute approximate surface area is 96.0 Å². The fourth-order valence-corrected chi connectivity index (χ4v) is 1.25. The van der Waals surface area contributed by atoms with Gasteiger partial charge in [-0.15, -0.1) is 0 Å². The lowest BCUT2D eigenvalue weighted by Crippen LogP contribution is -2.46. The molecule has 0 saturated carbocycles. The van der Waals surface area contributed by atoms with Gasteiger partial charge in [0.1, 0.15) is 0 Å². The van der Waals surface area contributed by atoms with E-state index in [4.69, 9.17) is 5.73 Å². The van der Waals surface area contributed by atoms with Gasteiger partial charge in [-0.25, -0.2) is 0 Å². The molecule has 0 aromatic carbocycles. The molecule has 0 aliphatic heterocycles. The molecule has 1 aromatic rings. The zero-order valence-electron chi connectivity index (χ0n) is 10.1. The molecular weight excluding hydrogens is 204 g/mol. The van der Waals surface area contributed by atoms with Gasteiger partial charge in [0.2, 0.25) is 5.91 Å². The molecule has 16 heavy (non-hydrogen) atoms. The van der Waals surface area contributed by atoms with Gasteiger partial charge < -0.3 is 11.1 Å². The molecule has 0 aliphatic rings. The van der Waals surface area contributed by atoms with Gasteiger partial charge in [0, 0.05) is 25.0 Å². The van der Waals surface area contributed by atoms with Gasteiger partial charge >= 0.3 is 0 Å². The van der Waals surface area contributed by atoms with Gasteiger partial charge in [0.25, 0.3) is 0 Å². The van der Waals surface area contributed by atoms with Crippen LogP contribution in [0.1, 0.15) is 20.8 Å². The molecule has 1 aromatic heterocycles. The average Bonchev–Trinajstić information content (AvgIpc) is 2.70. The molecule has 5 nitrogen and oxygen atoms in total. The fourth-order valence-electron chi connectivity index (χ4n) is 1.25. The van der Waals surface area contributed by atoms with Crippen LogP contribution in [0.4, 0.5) is 0 Å². The topological polar surface area (TPSA) is 72.9 Å². The maximum absolute atomic E-state index is 11.8. The van der Waals surface area contributed by atoms with Gasteiger partial charge in [-0.05, 0) is 26.8 Å². The number of carbonyl (C=O) groups excluding carboxylic acids is 1. The number of nitrogens with one attached hydrogen (secondary N) is 1. The minimum absolute atomic E-state index is 0.0188. The first kappa shape index (κ1) is 12.7. The van der Waals surface area contributed by atoms with E-state index in [1.54, 1.807) is 10.9 Å². The van der Waals surface area contributed by atoms with Crippen molar-refractivity contribution in [3.63, 3.8) is 0 Å². The van der Waals surface area contributed by atoms with Gasteiger partial charge in [-0.2, -0.15) is 5.10 Å². The van der Waals surface area contributed by atoms with E-state index in [0.717, 1.165) is 0 Å². The number of nitrogens with two attached hydrogens (primary N) is 1. The minimum Gasteiger partial charge on any atom is -0.351 e. The molecular formula is C11H20N4O. The molecule has 0 saturated heterocycles. The van der Waals surface area contributed by atoms with Crippen LogP contribution in [0.2, 0.25) is 0 Å². The lowest BCUT2D eigenvalue weighted by atomic mass is 9.92. The van der Waals surface area contributed by atoms with Crippen molar-refractivity contribution in [3.8, 4) is 0 Å². The maximum atomic E-state index is 11.8. The summed E-state index contributed by atoms with van der Waals surface area (Å²) in [6, 6.07) is 1.90. The summed E-state index contributed by atoms with van der Waals surface area (Å²) < 4.78 is 1.79. The quantitative estimate of drug-likeness (QED) is 0.759. The summed E-state index contributed by atoms with van der Waals surface area (Å²) in [6.45, 7) is 6.63. The van der Waals surface area contributed by atoms with E-state index in [-0.39, 0.29) is 11.9 Å². The number of nitrogens with zero attached hydrogens (tertiary/aromatic N) is 2. The Kier molecular flexibility index (Phi) is 4.06. The van der Waals surface area contributed by atoms with Crippen LogP contribution in [0.25, 0.3) is 0 Å². The Morgan fingerprint density at radius 1 is 1.62 bits per heavy atom. The zero-order chi connectivity index (χ0) is 12.2. The Hall–Kier alpha value is -1.36. The molecule has 1 atom stereocenters. The fraction of sp³-hybridized carbons (Fsp3) is 0.636. The number of aromatic nitrogens is 2. The van der Waals surface area contributed by atoms with Gasteiger partial charge in [0.05, 0.1) is 12.0 Å². The molecule has 1 heterocycles. The zero-order valence-corrected chi connectivity index (χ0v) is 10.1. The number of carbonyl (C=O) groups is 1. The third kappa shape index (κ3) is 3.34. The molecule has 1 unspecified atom stereocenters. The van der Waals surface area contributed by atoms with Crippen molar-refractivity contribution in [1.29, 1.82) is 0 Å². The highest BCUT2D eigenvalue weighted by Gasteiger charge is 2.26. The van der Waals surface area contributed by atoms with E-state index in [1.807, 2.05) is 33.0 Å². The predicted molar refractivity (Wildman–Crippen MR) is 62.7 cm³/mol. The largest absolute Gasteiger partial charge is 0.351 e. The van der Waals surface area contributed by atoms with Crippen molar-refractivity contribution in [1.82, 2.24) is 15.1 Å². The van der Waals surface area contributed by atoms with Gasteiger partial charge in [-0.3, -0.25) is 9.48 Å². The Bertz CT molecular complexity index is 332. The molecule has 1 amide bonds. The second-order valence-corrected chi connectivity index (χ2v) is 4.69. The Morgan fingerprint density at radius 2 is 2.31 bits per heavy atom. The van der Waals surface area contributed by atoms with E-state index >= 15 is 0 Å². The van der Waals surface area contributed by atoms with Crippen LogP contribution in [0.3, 0.4) is 0 Å².